The number of nitriles is 1. The molecule has 0 radical (unpaired) electrons. The molecule has 2 atom stereocenters. The number of hydrogen-bond acceptors (Lipinski definition) is 7. The smallest absolute Gasteiger partial charge is 0.426 e. The summed E-state index contributed by atoms with van der Waals surface area (Å²) >= 11 is 0. The van der Waals surface area contributed by atoms with Crippen molar-refractivity contribution in [3.63, 3.8) is 0 Å². The number of hydrazine groups is 1. The Labute approximate surface area is 185 Å². The molecular formula is C19H38BN7O4. The predicted molar refractivity (Wildman–Crippen MR) is 120 cm³/mol. The van der Waals surface area contributed by atoms with E-state index in [1.807, 2.05) is 6.92 Å². The molecule has 176 valence electrons. The zero-order valence-corrected chi connectivity index (χ0v) is 18.5. The summed E-state index contributed by atoms with van der Waals surface area (Å²) in [5.41, 5.74) is 7.65. The summed E-state index contributed by atoms with van der Waals surface area (Å²) in [6, 6.07) is 1.33. The molecule has 1 unspecified atom stereocenters. The third-order valence-electron chi connectivity index (χ3n) is 4.80. The van der Waals surface area contributed by atoms with Crippen LogP contribution >= 0.6 is 0 Å². The largest absolute Gasteiger partial charge is 0.472 e. The molecule has 0 aliphatic carbocycles. The first-order chi connectivity index (χ1) is 14.8. The maximum absolute atomic E-state index is 12.5. The zero-order chi connectivity index (χ0) is 23.5. The average Bonchev–Trinajstić information content (AvgIpc) is 2.75. The highest BCUT2D eigenvalue weighted by atomic mass is 16.4. The van der Waals surface area contributed by atoms with Crippen molar-refractivity contribution in [1.82, 2.24) is 16.1 Å². The van der Waals surface area contributed by atoms with E-state index >= 15 is 0 Å². The predicted octanol–water partition coefficient (Wildman–Crippen LogP) is -0.562. The standard InChI is InChI=1S/C19H38BN7O4/c1-15(10-7-5-3-2-4-6-8-12-21)17(28)26-16(18(29)25-14-20(30)31)11-9-13-24-19(22)27-23/h15-16,30-31H,2-11,13-14,23H2,1H3,(H,25,29)(H,26,28)(H3,22,24,27)/t15?,16-/m0/s1. The summed E-state index contributed by atoms with van der Waals surface area (Å²) < 4.78 is 0. The van der Waals surface area contributed by atoms with E-state index in [0.717, 1.165) is 44.9 Å². The Morgan fingerprint density at radius 3 is 2.32 bits per heavy atom. The van der Waals surface area contributed by atoms with Crippen LogP contribution in [0.25, 0.3) is 0 Å². The molecule has 11 nitrogen and oxygen atoms in total. The first-order valence-electron chi connectivity index (χ1n) is 10.9. The molecule has 0 saturated heterocycles. The van der Waals surface area contributed by atoms with Gasteiger partial charge < -0.3 is 26.4 Å². The summed E-state index contributed by atoms with van der Waals surface area (Å²) in [4.78, 5) is 28.8. The van der Waals surface area contributed by atoms with Crippen molar-refractivity contribution in [1.29, 1.82) is 5.26 Å². The van der Waals surface area contributed by atoms with Crippen LogP contribution in [0.3, 0.4) is 0 Å². The summed E-state index contributed by atoms with van der Waals surface area (Å²) in [6.07, 6.45) is 7.90. The Kier molecular flexibility index (Phi) is 17.0. The Balaban J connectivity index is 4.44. The fourth-order valence-electron chi connectivity index (χ4n) is 2.93. The number of carbonyl (C=O) groups is 2. The van der Waals surface area contributed by atoms with Gasteiger partial charge in [0.25, 0.3) is 0 Å². The Bertz CT molecular complexity index is 584. The van der Waals surface area contributed by atoms with Gasteiger partial charge in [0.05, 0.1) is 12.5 Å². The molecule has 0 saturated carbocycles. The van der Waals surface area contributed by atoms with E-state index < -0.39 is 19.1 Å². The van der Waals surface area contributed by atoms with E-state index in [0.29, 0.717) is 25.8 Å². The number of rotatable bonds is 17. The molecule has 0 aliphatic rings. The lowest BCUT2D eigenvalue weighted by Gasteiger charge is -2.20. The van der Waals surface area contributed by atoms with Gasteiger partial charge in [-0.05, 0) is 25.7 Å². The Morgan fingerprint density at radius 2 is 1.71 bits per heavy atom. The third-order valence-corrected chi connectivity index (χ3v) is 4.80. The second kappa shape index (κ2) is 18.4. The number of nitrogens with two attached hydrogens (primary N) is 2. The molecule has 0 fully saturated rings. The summed E-state index contributed by atoms with van der Waals surface area (Å²) in [5.74, 6) is 4.26. The number of nitrogens with one attached hydrogen (secondary N) is 3. The lowest BCUT2D eigenvalue weighted by Crippen LogP contribution is -2.50. The van der Waals surface area contributed by atoms with Crippen molar-refractivity contribution in [2.75, 3.05) is 13.0 Å². The lowest BCUT2D eigenvalue weighted by atomic mass is 9.92. The van der Waals surface area contributed by atoms with Crippen molar-refractivity contribution in [2.45, 2.75) is 77.2 Å². The molecule has 0 rings (SSSR count). The normalized spacial score (nSPS) is 13.1. The lowest BCUT2D eigenvalue weighted by molar-refractivity contribution is -0.131. The second-order valence-electron chi connectivity index (χ2n) is 7.56. The SMILES string of the molecule is CC(CCCCCCCCC#N)C(=O)N[C@@H](CCCN=C(N)NN)C(=O)NCB(O)O. The van der Waals surface area contributed by atoms with Gasteiger partial charge in [-0.2, -0.15) is 5.26 Å². The molecule has 0 bridgehead atoms. The highest BCUT2D eigenvalue weighted by Gasteiger charge is 2.24. The van der Waals surface area contributed by atoms with Crippen molar-refractivity contribution in [3.8, 4) is 6.07 Å². The van der Waals surface area contributed by atoms with E-state index in [4.69, 9.17) is 26.9 Å². The first-order valence-corrected chi connectivity index (χ1v) is 10.9. The minimum Gasteiger partial charge on any atom is -0.426 e. The third kappa shape index (κ3) is 16.1. The number of nitrogens with zero attached hydrogens (tertiary/aromatic N) is 2. The van der Waals surface area contributed by atoms with Crippen LogP contribution in [0.2, 0.25) is 0 Å². The average molecular weight is 439 g/mol. The van der Waals surface area contributed by atoms with Gasteiger partial charge in [0.1, 0.15) is 6.04 Å². The van der Waals surface area contributed by atoms with Crippen LogP contribution in [0, 0.1) is 17.2 Å². The highest BCUT2D eigenvalue weighted by Crippen LogP contribution is 2.13. The van der Waals surface area contributed by atoms with E-state index in [1.165, 1.54) is 0 Å². The van der Waals surface area contributed by atoms with Crippen molar-refractivity contribution >= 4 is 24.9 Å². The molecule has 0 aromatic heterocycles. The fourth-order valence-corrected chi connectivity index (χ4v) is 2.93. The number of aliphatic imine (C=N–C) groups is 1. The number of carbonyl (C=O) groups excluding carboxylic acids is 2. The summed E-state index contributed by atoms with van der Waals surface area (Å²) in [6.45, 7) is 2.15. The summed E-state index contributed by atoms with van der Waals surface area (Å²) in [5, 5.41) is 31.6. The minimum atomic E-state index is -1.67. The van der Waals surface area contributed by atoms with Gasteiger partial charge in [0.15, 0.2) is 0 Å². The zero-order valence-electron chi connectivity index (χ0n) is 18.5. The van der Waals surface area contributed by atoms with Crippen LogP contribution in [-0.4, -0.2) is 54.0 Å². The van der Waals surface area contributed by atoms with E-state index in [2.05, 4.69) is 27.1 Å². The van der Waals surface area contributed by atoms with Crippen LogP contribution in [0.1, 0.15) is 71.1 Å². The van der Waals surface area contributed by atoms with Crippen molar-refractivity contribution in [3.05, 3.63) is 0 Å². The maximum Gasteiger partial charge on any atom is 0.472 e. The van der Waals surface area contributed by atoms with Gasteiger partial charge in [-0.25, -0.2) is 5.84 Å². The first kappa shape index (κ1) is 28.6. The second-order valence-corrected chi connectivity index (χ2v) is 7.56. The van der Waals surface area contributed by atoms with Crippen LogP contribution in [0.15, 0.2) is 4.99 Å². The number of unbranched alkanes of at least 4 members (excludes halogenated alkanes) is 6. The highest BCUT2D eigenvalue weighted by molar-refractivity contribution is 6.41. The van der Waals surface area contributed by atoms with Gasteiger partial charge in [-0.1, -0.05) is 39.0 Å². The van der Waals surface area contributed by atoms with Gasteiger partial charge in [0.2, 0.25) is 17.8 Å². The van der Waals surface area contributed by atoms with E-state index in [-0.39, 0.29) is 24.2 Å². The Morgan fingerprint density at radius 1 is 1.06 bits per heavy atom. The molecule has 0 aromatic rings. The maximum atomic E-state index is 12.5. The molecule has 0 spiro atoms. The molecule has 2 amide bonds. The van der Waals surface area contributed by atoms with Gasteiger partial charge in [-0.3, -0.25) is 20.0 Å². The van der Waals surface area contributed by atoms with E-state index in [9.17, 15) is 9.59 Å². The molecule has 9 N–H and O–H groups in total. The van der Waals surface area contributed by atoms with Crippen LogP contribution in [0.5, 0.6) is 0 Å². The van der Waals surface area contributed by atoms with Crippen molar-refractivity contribution in [2.24, 2.45) is 22.5 Å². The summed E-state index contributed by atoms with van der Waals surface area (Å²) in [7, 11) is -1.67. The molecule has 31 heavy (non-hydrogen) atoms. The molecule has 0 aromatic carbocycles. The minimum absolute atomic E-state index is 0.0760. The monoisotopic (exact) mass is 439 g/mol. The van der Waals surface area contributed by atoms with Crippen molar-refractivity contribution < 1.29 is 19.6 Å². The molecular weight excluding hydrogens is 401 g/mol. The van der Waals surface area contributed by atoms with Gasteiger partial charge >= 0.3 is 7.12 Å². The van der Waals surface area contributed by atoms with Crippen LogP contribution in [-0.2, 0) is 9.59 Å². The molecule has 0 heterocycles. The van der Waals surface area contributed by atoms with Crippen LogP contribution in [0.4, 0.5) is 0 Å². The van der Waals surface area contributed by atoms with Gasteiger partial charge in [0, 0.05) is 18.9 Å². The quantitative estimate of drug-likeness (QED) is 0.0390. The number of amides is 2. The topological polar surface area (TPSA) is 199 Å². The number of guanidine groups is 1. The number of hydrogen-bond donors (Lipinski definition) is 7. The van der Waals surface area contributed by atoms with E-state index in [1.54, 1.807) is 0 Å². The van der Waals surface area contributed by atoms with Crippen LogP contribution < -0.4 is 27.6 Å². The molecule has 12 heteroatoms. The fraction of sp³-hybridized carbons (Fsp3) is 0.789. The molecule has 0 aliphatic heterocycles. The Hall–Kier alpha value is -2.36. The van der Waals surface area contributed by atoms with Gasteiger partial charge in [-0.15, -0.1) is 0 Å².